The van der Waals surface area contributed by atoms with Gasteiger partial charge in [-0.3, -0.25) is 4.79 Å². The highest BCUT2D eigenvalue weighted by Gasteiger charge is 2.06. The zero-order chi connectivity index (χ0) is 9.84. The Kier molecular flexibility index (Phi) is 2.59. The maximum absolute atomic E-state index is 11.4. The molecule has 0 atom stereocenters. The second-order valence-electron chi connectivity index (χ2n) is 2.16. The van der Waals surface area contributed by atoms with Crippen LogP contribution in [0.5, 0.6) is 0 Å². The molecule has 5 nitrogen and oxygen atoms in total. The van der Waals surface area contributed by atoms with E-state index in [0.717, 1.165) is 4.85 Å². The van der Waals surface area contributed by atoms with Crippen LogP contribution in [0, 0.1) is 0 Å². The summed E-state index contributed by atoms with van der Waals surface area (Å²) in [6.07, 6.45) is 2.83. The van der Waals surface area contributed by atoms with E-state index in [1.54, 1.807) is 0 Å². The first kappa shape index (κ1) is 9.18. The van der Waals surface area contributed by atoms with Crippen molar-refractivity contribution in [1.29, 1.82) is 0 Å². The molecule has 0 N–H and O–H groups in total. The van der Waals surface area contributed by atoms with Crippen LogP contribution < -0.4 is 10.4 Å². The van der Waals surface area contributed by atoms with Gasteiger partial charge in [-0.25, -0.2) is 0 Å². The average Bonchev–Trinajstić information content (AvgIpc) is 2.17. The topological polar surface area (TPSA) is 57.0 Å². The molecule has 0 amide bonds. The van der Waals surface area contributed by atoms with Crippen LogP contribution in [0.15, 0.2) is 18.0 Å². The Morgan fingerprint density at radius 2 is 2.15 bits per heavy atom. The molecule has 0 aromatic carbocycles. The lowest BCUT2D eigenvalue weighted by Gasteiger charge is -2.02. The second kappa shape index (κ2) is 3.66. The summed E-state index contributed by atoms with van der Waals surface area (Å²) in [5.41, 5.74) is 0.322. The fourth-order valence-electron chi connectivity index (χ4n) is 0.858. The van der Waals surface area contributed by atoms with Crippen molar-refractivity contribution in [2.75, 3.05) is 7.11 Å². The summed E-state index contributed by atoms with van der Waals surface area (Å²) in [5, 5.41) is 7.19. The summed E-state index contributed by atoms with van der Waals surface area (Å²) in [4.78, 5) is 16.8. The molecule has 0 radical (unpaired) electrons. The molecule has 68 valence electrons. The van der Waals surface area contributed by atoms with Crippen LogP contribution >= 0.6 is 0 Å². The van der Waals surface area contributed by atoms with Gasteiger partial charge in [-0.05, 0) is 16.1 Å². The van der Waals surface area contributed by atoms with Gasteiger partial charge in [0.1, 0.15) is 7.11 Å². The zero-order valence-corrected chi connectivity index (χ0v) is 7.23. The van der Waals surface area contributed by atoms with E-state index < -0.39 is 5.56 Å². The lowest BCUT2D eigenvalue weighted by Crippen LogP contribution is -2.31. The Morgan fingerprint density at radius 3 is 2.62 bits per heavy atom. The van der Waals surface area contributed by atoms with Gasteiger partial charge < -0.3 is 4.84 Å². The van der Waals surface area contributed by atoms with Crippen LogP contribution in [0.2, 0.25) is 0 Å². The van der Waals surface area contributed by atoms with Crippen LogP contribution in [0.1, 0.15) is 11.3 Å². The summed E-state index contributed by atoms with van der Waals surface area (Å²) in [6, 6.07) is 0. The van der Waals surface area contributed by atoms with Gasteiger partial charge in [-0.15, -0.1) is 5.10 Å². The smallest absolute Gasteiger partial charge is 0.314 e. The third-order valence-electron chi connectivity index (χ3n) is 1.48. The van der Waals surface area contributed by atoms with Gasteiger partial charge in [0.05, 0.1) is 11.3 Å². The molecule has 0 aliphatic carbocycles. The third-order valence-corrected chi connectivity index (χ3v) is 1.48. The summed E-state index contributed by atoms with van der Waals surface area (Å²) in [6.45, 7) is 6.99. The first-order chi connectivity index (χ1) is 6.24. The number of hydrogen-bond acceptors (Lipinski definition) is 4. The Morgan fingerprint density at radius 1 is 1.46 bits per heavy atom. The lowest BCUT2D eigenvalue weighted by molar-refractivity contribution is 0.112. The van der Waals surface area contributed by atoms with Crippen molar-refractivity contribution in [2.45, 2.75) is 0 Å². The predicted octanol–water partition coefficient (Wildman–Crippen LogP) is -0.0173. The summed E-state index contributed by atoms with van der Waals surface area (Å²) in [7, 11) is 1.33. The summed E-state index contributed by atoms with van der Waals surface area (Å²) >= 11 is 0. The van der Waals surface area contributed by atoms with Gasteiger partial charge in [-0.1, -0.05) is 19.2 Å². The van der Waals surface area contributed by atoms with E-state index >= 15 is 0 Å². The molecule has 5 heteroatoms. The monoisotopic (exact) mass is 179 g/mol. The molecular weight excluding hydrogens is 170 g/mol. The zero-order valence-electron chi connectivity index (χ0n) is 7.23. The van der Waals surface area contributed by atoms with Crippen molar-refractivity contribution in [3.05, 3.63) is 34.8 Å². The van der Waals surface area contributed by atoms with E-state index in [-0.39, 0.29) is 0 Å². The lowest BCUT2D eigenvalue weighted by atomic mass is 10.2. The minimum absolute atomic E-state index is 0.326. The summed E-state index contributed by atoms with van der Waals surface area (Å²) < 4.78 is 0. The molecule has 1 rings (SSSR count). The minimum Gasteiger partial charge on any atom is -0.396 e. The van der Waals surface area contributed by atoms with Crippen molar-refractivity contribution in [3.8, 4) is 0 Å². The molecular formula is C8H9N3O2. The van der Waals surface area contributed by atoms with Gasteiger partial charge in [0.2, 0.25) is 0 Å². The molecule has 0 aliphatic heterocycles. The van der Waals surface area contributed by atoms with Gasteiger partial charge in [-0.2, -0.15) is 0 Å². The Bertz CT molecular complexity index is 395. The second-order valence-corrected chi connectivity index (χ2v) is 2.16. The highest BCUT2D eigenvalue weighted by atomic mass is 16.7. The number of nitrogens with zero attached hydrogens (tertiary/aromatic N) is 3. The Hall–Kier alpha value is -1.91. The number of aromatic nitrogens is 3. The van der Waals surface area contributed by atoms with Crippen LogP contribution in [-0.4, -0.2) is 22.3 Å². The normalized spacial score (nSPS) is 9.31. The highest BCUT2D eigenvalue weighted by Crippen LogP contribution is 2.00. The standard InChI is InChI=1S/C8H9N3O2/c1-4-6-7(5-2)9-10-11(13-3)8(6)12/h4-5H,1-2H2,3H3. The molecule has 1 aromatic heterocycles. The van der Waals surface area contributed by atoms with Crippen molar-refractivity contribution in [2.24, 2.45) is 0 Å². The quantitative estimate of drug-likeness (QED) is 0.654. The molecule has 0 spiro atoms. The van der Waals surface area contributed by atoms with Gasteiger partial charge in [0.25, 0.3) is 0 Å². The van der Waals surface area contributed by atoms with Crippen molar-refractivity contribution >= 4 is 12.2 Å². The van der Waals surface area contributed by atoms with E-state index in [0.29, 0.717) is 11.3 Å². The predicted molar refractivity (Wildman–Crippen MR) is 49.0 cm³/mol. The van der Waals surface area contributed by atoms with E-state index in [1.165, 1.54) is 19.3 Å². The number of hydrogen-bond donors (Lipinski definition) is 0. The minimum atomic E-state index is -0.401. The number of rotatable bonds is 3. The Balaban J connectivity index is 3.49. The van der Waals surface area contributed by atoms with Crippen LogP contribution in [0.25, 0.3) is 12.2 Å². The maximum Gasteiger partial charge on any atom is 0.314 e. The summed E-state index contributed by atoms with van der Waals surface area (Å²) in [5.74, 6) is 0. The third kappa shape index (κ3) is 1.48. The molecule has 0 fully saturated rings. The molecule has 1 heterocycles. The fourth-order valence-corrected chi connectivity index (χ4v) is 0.858. The van der Waals surface area contributed by atoms with E-state index in [4.69, 9.17) is 0 Å². The molecule has 13 heavy (non-hydrogen) atoms. The van der Waals surface area contributed by atoms with Crippen LogP contribution in [0.3, 0.4) is 0 Å². The SMILES string of the molecule is C=Cc1nnn(OC)c(=O)c1C=C. The van der Waals surface area contributed by atoms with E-state index in [1.807, 2.05) is 0 Å². The van der Waals surface area contributed by atoms with Gasteiger partial charge >= 0.3 is 5.56 Å². The average molecular weight is 179 g/mol. The molecule has 0 saturated carbocycles. The molecule has 0 unspecified atom stereocenters. The fraction of sp³-hybridized carbons (Fsp3) is 0.125. The van der Waals surface area contributed by atoms with Crippen molar-refractivity contribution in [3.63, 3.8) is 0 Å². The largest absolute Gasteiger partial charge is 0.396 e. The van der Waals surface area contributed by atoms with Gasteiger partial charge in [0.15, 0.2) is 0 Å². The highest BCUT2D eigenvalue weighted by molar-refractivity contribution is 5.58. The molecule has 1 aromatic rings. The van der Waals surface area contributed by atoms with Crippen molar-refractivity contribution in [1.82, 2.24) is 15.2 Å². The molecule has 0 saturated heterocycles. The van der Waals surface area contributed by atoms with E-state index in [9.17, 15) is 4.79 Å². The molecule has 0 aliphatic rings. The van der Waals surface area contributed by atoms with Crippen LogP contribution in [-0.2, 0) is 0 Å². The van der Waals surface area contributed by atoms with E-state index in [2.05, 4.69) is 28.3 Å². The first-order valence-electron chi connectivity index (χ1n) is 3.54. The van der Waals surface area contributed by atoms with Crippen molar-refractivity contribution < 1.29 is 4.84 Å². The Labute approximate surface area is 74.9 Å². The molecule has 0 bridgehead atoms. The maximum atomic E-state index is 11.4. The first-order valence-corrected chi connectivity index (χ1v) is 3.54. The van der Waals surface area contributed by atoms with Gasteiger partial charge in [0, 0.05) is 0 Å². The van der Waals surface area contributed by atoms with Crippen LogP contribution in [0.4, 0.5) is 0 Å².